The Morgan fingerprint density at radius 2 is 1.55 bits per heavy atom. The minimum atomic E-state index is -3.25. The van der Waals surface area contributed by atoms with Crippen molar-refractivity contribution >= 4 is 32.2 Å². The summed E-state index contributed by atoms with van der Waals surface area (Å²) in [5, 5.41) is 2.59. The molecule has 0 bridgehead atoms. The molecule has 3 aromatic rings. The predicted molar refractivity (Wildman–Crippen MR) is 91.7 cm³/mol. The van der Waals surface area contributed by atoms with Crippen LogP contribution in [0.2, 0.25) is 5.02 Å². The largest absolute Gasteiger partial charge is 0.228 e. The summed E-state index contributed by atoms with van der Waals surface area (Å²) in [5.41, 5.74) is 1.55. The van der Waals surface area contributed by atoms with Gasteiger partial charge in [-0.15, -0.1) is 0 Å². The lowest BCUT2D eigenvalue weighted by molar-refractivity contribution is 0.594. The molecule has 0 atom stereocenters. The van der Waals surface area contributed by atoms with Gasteiger partial charge in [-0.1, -0.05) is 66.2 Å². The van der Waals surface area contributed by atoms with Gasteiger partial charge in [0.25, 0.3) is 0 Å². The van der Waals surface area contributed by atoms with Crippen molar-refractivity contribution in [2.24, 2.45) is 0 Å². The number of hydrogen-bond acceptors (Lipinski definition) is 2. The van der Waals surface area contributed by atoms with E-state index in [-0.39, 0.29) is 11.5 Å². The molecule has 3 aromatic carbocycles. The summed E-state index contributed by atoms with van der Waals surface area (Å²) >= 11 is 5.92. The molecule has 0 aliphatic carbocycles. The SMILES string of the molecule is O=S(=O)(Cc1cccc(Cl)c1)Cc1cccc2ccccc12. The van der Waals surface area contributed by atoms with Gasteiger partial charge in [-0.25, -0.2) is 8.42 Å². The minimum Gasteiger partial charge on any atom is -0.228 e. The third-order valence-electron chi connectivity index (χ3n) is 3.53. The average Bonchev–Trinajstić information content (AvgIpc) is 2.47. The van der Waals surface area contributed by atoms with Crippen molar-refractivity contribution in [2.45, 2.75) is 11.5 Å². The highest BCUT2D eigenvalue weighted by molar-refractivity contribution is 7.89. The molecule has 0 unspecified atom stereocenters. The van der Waals surface area contributed by atoms with Gasteiger partial charge >= 0.3 is 0 Å². The smallest absolute Gasteiger partial charge is 0.158 e. The maximum Gasteiger partial charge on any atom is 0.158 e. The predicted octanol–water partition coefficient (Wildman–Crippen LogP) is 4.61. The van der Waals surface area contributed by atoms with Gasteiger partial charge < -0.3 is 0 Å². The highest BCUT2D eigenvalue weighted by Gasteiger charge is 2.15. The van der Waals surface area contributed by atoms with Crippen LogP contribution in [-0.4, -0.2) is 8.42 Å². The number of benzene rings is 3. The molecule has 112 valence electrons. The maximum atomic E-state index is 12.5. The Kier molecular flexibility index (Phi) is 4.19. The van der Waals surface area contributed by atoms with Crippen molar-refractivity contribution in [1.29, 1.82) is 0 Å². The number of fused-ring (bicyclic) bond motifs is 1. The highest BCUT2D eigenvalue weighted by Crippen LogP contribution is 2.22. The molecular weight excluding hydrogens is 316 g/mol. The lowest BCUT2D eigenvalue weighted by Crippen LogP contribution is -2.08. The normalized spacial score (nSPS) is 11.7. The molecule has 0 aliphatic heterocycles. The first kappa shape index (κ1) is 15.1. The average molecular weight is 331 g/mol. The van der Waals surface area contributed by atoms with Crippen molar-refractivity contribution in [3.05, 3.63) is 82.9 Å². The van der Waals surface area contributed by atoms with E-state index in [1.165, 1.54) is 0 Å². The van der Waals surface area contributed by atoms with E-state index in [0.29, 0.717) is 10.6 Å². The van der Waals surface area contributed by atoms with Gasteiger partial charge in [0.05, 0.1) is 11.5 Å². The third kappa shape index (κ3) is 3.49. The Hall–Kier alpha value is -1.84. The first-order valence-corrected chi connectivity index (χ1v) is 9.15. The monoisotopic (exact) mass is 330 g/mol. The van der Waals surface area contributed by atoms with E-state index in [1.807, 2.05) is 42.5 Å². The first-order valence-electron chi connectivity index (χ1n) is 6.95. The van der Waals surface area contributed by atoms with Gasteiger partial charge in [0.2, 0.25) is 0 Å². The number of sulfone groups is 1. The zero-order chi connectivity index (χ0) is 15.6. The molecule has 3 rings (SSSR count). The van der Waals surface area contributed by atoms with Crippen LogP contribution in [0.25, 0.3) is 10.8 Å². The van der Waals surface area contributed by atoms with E-state index in [0.717, 1.165) is 16.3 Å². The summed E-state index contributed by atoms with van der Waals surface area (Å²) in [5.74, 6) is 0.0254. The van der Waals surface area contributed by atoms with Crippen LogP contribution in [0.1, 0.15) is 11.1 Å². The lowest BCUT2D eigenvalue weighted by Gasteiger charge is -2.08. The second-order valence-corrected chi connectivity index (χ2v) is 7.80. The van der Waals surface area contributed by atoms with Crippen LogP contribution in [0, 0.1) is 0 Å². The molecule has 4 heteroatoms. The molecule has 0 fully saturated rings. The Morgan fingerprint density at radius 1 is 0.818 bits per heavy atom. The van der Waals surface area contributed by atoms with E-state index in [9.17, 15) is 8.42 Å². The fourth-order valence-electron chi connectivity index (χ4n) is 2.59. The topological polar surface area (TPSA) is 34.1 Å². The molecule has 0 aromatic heterocycles. The molecule has 0 saturated heterocycles. The molecule has 0 spiro atoms. The molecule has 0 N–H and O–H groups in total. The molecule has 0 amide bonds. The van der Waals surface area contributed by atoms with E-state index in [1.54, 1.807) is 24.3 Å². The zero-order valence-electron chi connectivity index (χ0n) is 11.9. The summed E-state index contributed by atoms with van der Waals surface area (Å²) < 4.78 is 25.0. The molecule has 0 heterocycles. The van der Waals surface area contributed by atoms with Crippen LogP contribution in [0.5, 0.6) is 0 Å². The van der Waals surface area contributed by atoms with Crippen molar-refractivity contribution in [3.8, 4) is 0 Å². The zero-order valence-corrected chi connectivity index (χ0v) is 13.4. The van der Waals surface area contributed by atoms with Gasteiger partial charge in [-0.3, -0.25) is 0 Å². The quantitative estimate of drug-likeness (QED) is 0.700. The molecule has 22 heavy (non-hydrogen) atoms. The highest BCUT2D eigenvalue weighted by atomic mass is 35.5. The summed E-state index contributed by atoms with van der Waals surface area (Å²) in [6, 6.07) is 20.6. The Morgan fingerprint density at radius 3 is 2.36 bits per heavy atom. The van der Waals surface area contributed by atoms with Gasteiger partial charge in [-0.05, 0) is 34.0 Å². The fraction of sp³-hybridized carbons (Fsp3) is 0.111. The van der Waals surface area contributed by atoms with Gasteiger partial charge in [0.15, 0.2) is 9.84 Å². The summed E-state index contributed by atoms with van der Waals surface area (Å²) in [4.78, 5) is 0. The fourth-order valence-corrected chi connectivity index (χ4v) is 4.31. The van der Waals surface area contributed by atoms with Crippen LogP contribution < -0.4 is 0 Å². The molecule has 0 saturated carbocycles. The number of rotatable bonds is 4. The summed E-state index contributed by atoms with van der Waals surface area (Å²) in [6.07, 6.45) is 0. The Bertz CT molecular complexity index is 912. The lowest BCUT2D eigenvalue weighted by atomic mass is 10.1. The second-order valence-electron chi connectivity index (χ2n) is 5.30. The van der Waals surface area contributed by atoms with Crippen molar-refractivity contribution in [2.75, 3.05) is 0 Å². The van der Waals surface area contributed by atoms with Gasteiger partial charge in [0.1, 0.15) is 0 Å². The molecule has 2 nitrogen and oxygen atoms in total. The third-order valence-corrected chi connectivity index (χ3v) is 5.29. The maximum absolute atomic E-state index is 12.5. The van der Waals surface area contributed by atoms with Crippen LogP contribution in [-0.2, 0) is 21.3 Å². The minimum absolute atomic E-state index is 0.00319. The second kappa shape index (κ2) is 6.11. The van der Waals surface area contributed by atoms with Crippen molar-refractivity contribution < 1.29 is 8.42 Å². The van der Waals surface area contributed by atoms with E-state index in [2.05, 4.69) is 0 Å². The molecule has 0 radical (unpaired) electrons. The van der Waals surface area contributed by atoms with Crippen LogP contribution in [0.4, 0.5) is 0 Å². The van der Waals surface area contributed by atoms with Gasteiger partial charge in [-0.2, -0.15) is 0 Å². The number of hydrogen-bond donors (Lipinski definition) is 0. The van der Waals surface area contributed by atoms with E-state index in [4.69, 9.17) is 11.6 Å². The van der Waals surface area contributed by atoms with E-state index < -0.39 is 9.84 Å². The number of halogens is 1. The van der Waals surface area contributed by atoms with Crippen LogP contribution in [0.3, 0.4) is 0 Å². The van der Waals surface area contributed by atoms with Crippen LogP contribution in [0.15, 0.2) is 66.7 Å². The van der Waals surface area contributed by atoms with Crippen LogP contribution >= 0.6 is 11.6 Å². The summed E-state index contributed by atoms with van der Waals surface area (Å²) in [6.45, 7) is 0. The molecule has 0 aliphatic rings. The Labute approximate surface area is 135 Å². The summed E-state index contributed by atoms with van der Waals surface area (Å²) in [7, 11) is -3.25. The van der Waals surface area contributed by atoms with Gasteiger partial charge in [0, 0.05) is 5.02 Å². The first-order chi connectivity index (χ1) is 10.5. The Balaban J connectivity index is 1.90. The molecular formula is C18H15ClO2S. The van der Waals surface area contributed by atoms with Crippen molar-refractivity contribution in [1.82, 2.24) is 0 Å². The van der Waals surface area contributed by atoms with Crippen molar-refractivity contribution in [3.63, 3.8) is 0 Å². The standard InChI is InChI=1S/C18H15ClO2S/c19-17-9-3-5-14(11-17)12-22(20,21)13-16-8-4-7-15-6-1-2-10-18(15)16/h1-11H,12-13H2. The van der Waals surface area contributed by atoms with E-state index >= 15 is 0 Å².